The molecule has 0 fully saturated rings. The Morgan fingerprint density at radius 3 is 2.62 bits per heavy atom. The van der Waals surface area contributed by atoms with E-state index in [1.165, 1.54) is 17.8 Å². The van der Waals surface area contributed by atoms with Crippen LogP contribution in [0.3, 0.4) is 0 Å². The molecule has 4 nitrogen and oxygen atoms in total. The van der Waals surface area contributed by atoms with Gasteiger partial charge in [0.05, 0.1) is 0 Å². The lowest BCUT2D eigenvalue weighted by molar-refractivity contribution is 0.210. The lowest BCUT2D eigenvalue weighted by Crippen LogP contribution is -2.12. The minimum absolute atomic E-state index is 0.310. The first-order valence-electron chi connectivity index (χ1n) is 9.23. The molecule has 3 rings (SSSR count). The molecule has 1 aromatic heterocycles. The molecular weight excluding hydrogens is 409 g/mol. The van der Waals surface area contributed by atoms with E-state index >= 15 is 0 Å². The number of thioether (sulfide) groups is 1. The Balaban J connectivity index is 1.81. The number of aromatic nitrogens is 3. The van der Waals surface area contributed by atoms with E-state index in [4.69, 9.17) is 16.3 Å². The van der Waals surface area contributed by atoms with Crippen molar-refractivity contribution in [2.75, 3.05) is 0 Å². The topological polar surface area (TPSA) is 39.9 Å². The van der Waals surface area contributed by atoms with Crippen LogP contribution in [0.5, 0.6) is 5.75 Å². The predicted octanol–water partition coefficient (Wildman–Crippen LogP) is 6.31. The molecule has 0 radical (unpaired) electrons. The highest BCUT2D eigenvalue weighted by Crippen LogP contribution is 2.30. The van der Waals surface area contributed by atoms with Gasteiger partial charge in [-0.05, 0) is 56.2 Å². The van der Waals surface area contributed by atoms with Gasteiger partial charge in [-0.25, -0.2) is 4.39 Å². The van der Waals surface area contributed by atoms with Gasteiger partial charge in [-0.1, -0.05) is 41.6 Å². The molecule has 0 spiro atoms. The van der Waals surface area contributed by atoms with Gasteiger partial charge in [-0.3, -0.25) is 4.57 Å². The molecule has 0 bridgehead atoms. The molecule has 1 atom stereocenters. The fourth-order valence-corrected chi connectivity index (χ4v) is 4.37. The largest absolute Gasteiger partial charge is 0.483 e. The Morgan fingerprint density at radius 2 is 1.97 bits per heavy atom. The van der Waals surface area contributed by atoms with Gasteiger partial charge in [0.15, 0.2) is 17.1 Å². The van der Waals surface area contributed by atoms with Crippen LogP contribution < -0.4 is 4.74 Å². The third-order valence-corrected chi connectivity index (χ3v) is 5.68. The van der Waals surface area contributed by atoms with Crippen molar-refractivity contribution in [3.8, 4) is 5.75 Å². The molecule has 0 aliphatic rings. The van der Waals surface area contributed by atoms with Crippen molar-refractivity contribution in [1.29, 1.82) is 0 Å². The number of hydrogen-bond acceptors (Lipinski definition) is 4. The summed E-state index contributed by atoms with van der Waals surface area (Å²) in [5, 5.41) is 9.68. The van der Waals surface area contributed by atoms with Crippen LogP contribution in [0.4, 0.5) is 4.39 Å². The van der Waals surface area contributed by atoms with Gasteiger partial charge >= 0.3 is 0 Å². The molecule has 0 aliphatic carbocycles. The molecular formula is C22H23ClFN3OS. The normalized spacial score (nSPS) is 12.0. The maximum atomic E-state index is 14.1. The van der Waals surface area contributed by atoms with Crippen molar-refractivity contribution in [2.45, 2.75) is 44.3 Å². The number of hydrogen-bond donors (Lipinski definition) is 0. The SMILES string of the molecule is C=CCn1c(SCc2c(F)cccc2Cl)nnc1C(C)Oc1cc(C)cc(C)c1. The van der Waals surface area contributed by atoms with Gasteiger partial charge in [0.2, 0.25) is 0 Å². The third-order valence-electron chi connectivity index (χ3n) is 4.34. The maximum absolute atomic E-state index is 14.1. The zero-order chi connectivity index (χ0) is 21.0. The van der Waals surface area contributed by atoms with Gasteiger partial charge in [0, 0.05) is 22.9 Å². The number of aryl methyl sites for hydroxylation is 2. The lowest BCUT2D eigenvalue weighted by atomic mass is 10.1. The number of allylic oxidation sites excluding steroid dienone is 1. The molecule has 3 aromatic rings. The fourth-order valence-electron chi connectivity index (χ4n) is 3.07. The van der Waals surface area contributed by atoms with Crippen LogP contribution in [0.1, 0.15) is 35.5 Å². The van der Waals surface area contributed by atoms with E-state index in [0.29, 0.717) is 33.9 Å². The number of ether oxygens (including phenoxy) is 1. The van der Waals surface area contributed by atoms with Crippen LogP contribution in [-0.4, -0.2) is 14.8 Å². The van der Waals surface area contributed by atoms with E-state index in [9.17, 15) is 4.39 Å². The van der Waals surface area contributed by atoms with Crippen molar-refractivity contribution in [3.05, 3.63) is 82.4 Å². The lowest BCUT2D eigenvalue weighted by Gasteiger charge is -2.16. The van der Waals surface area contributed by atoms with E-state index < -0.39 is 0 Å². The monoisotopic (exact) mass is 431 g/mol. The summed E-state index contributed by atoms with van der Waals surface area (Å²) < 4.78 is 22.1. The van der Waals surface area contributed by atoms with E-state index in [1.807, 2.05) is 37.5 Å². The van der Waals surface area contributed by atoms with E-state index in [-0.39, 0.29) is 11.9 Å². The Morgan fingerprint density at radius 1 is 1.24 bits per heavy atom. The predicted molar refractivity (Wildman–Crippen MR) is 116 cm³/mol. The fraction of sp³-hybridized carbons (Fsp3) is 0.273. The first-order valence-corrected chi connectivity index (χ1v) is 10.6. The van der Waals surface area contributed by atoms with Crippen LogP contribution in [0, 0.1) is 19.7 Å². The first-order chi connectivity index (χ1) is 13.9. The summed E-state index contributed by atoms with van der Waals surface area (Å²) in [6.45, 7) is 10.4. The summed E-state index contributed by atoms with van der Waals surface area (Å²) in [7, 11) is 0. The molecule has 0 amide bonds. The van der Waals surface area contributed by atoms with Crippen LogP contribution in [-0.2, 0) is 12.3 Å². The van der Waals surface area contributed by atoms with Crippen LogP contribution in [0.25, 0.3) is 0 Å². The number of halogens is 2. The average molecular weight is 432 g/mol. The molecule has 0 saturated heterocycles. The molecule has 1 heterocycles. The Labute approximate surface area is 179 Å². The summed E-state index contributed by atoms with van der Waals surface area (Å²) in [6.07, 6.45) is 1.46. The number of nitrogens with zero attached hydrogens (tertiary/aromatic N) is 3. The quantitative estimate of drug-likeness (QED) is 0.309. The minimum atomic E-state index is -0.327. The van der Waals surface area contributed by atoms with Crippen LogP contribution >= 0.6 is 23.4 Å². The van der Waals surface area contributed by atoms with Crippen molar-refractivity contribution in [2.24, 2.45) is 0 Å². The highest BCUT2D eigenvalue weighted by atomic mass is 35.5. The van der Waals surface area contributed by atoms with Crippen LogP contribution in [0.2, 0.25) is 5.02 Å². The van der Waals surface area contributed by atoms with E-state index in [2.05, 4.69) is 22.8 Å². The summed E-state index contributed by atoms with van der Waals surface area (Å²) in [6, 6.07) is 10.8. The van der Waals surface area contributed by atoms with Gasteiger partial charge in [0.25, 0.3) is 0 Å². The van der Waals surface area contributed by atoms with Crippen molar-refractivity contribution in [1.82, 2.24) is 14.8 Å². The second-order valence-corrected chi connectivity index (χ2v) is 8.16. The summed E-state index contributed by atoms with van der Waals surface area (Å²) in [5.41, 5.74) is 2.73. The molecule has 29 heavy (non-hydrogen) atoms. The summed E-state index contributed by atoms with van der Waals surface area (Å²) in [5.74, 6) is 1.50. The molecule has 152 valence electrons. The average Bonchev–Trinajstić information content (AvgIpc) is 3.03. The minimum Gasteiger partial charge on any atom is -0.483 e. The Bertz CT molecular complexity index is 981. The van der Waals surface area contributed by atoms with Crippen molar-refractivity contribution < 1.29 is 9.13 Å². The van der Waals surface area contributed by atoms with Crippen molar-refractivity contribution >= 4 is 23.4 Å². The maximum Gasteiger partial charge on any atom is 0.191 e. The molecule has 0 saturated carbocycles. The van der Waals surface area contributed by atoms with Crippen molar-refractivity contribution in [3.63, 3.8) is 0 Å². The molecule has 2 aromatic carbocycles. The first kappa shape index (κ1) is 21.4. The second-order valence-electron chi connectivity index (χ2n) is 6.81. The number of rotatable bonds is 8. The second kappa shape index (κ2) is 9.46. The highest BCUT2D eigenvalue weighted by Gasteiger charge is 2.20. The zero-order valence-corrected chi connectivity index (χ0v) is 18.2. The Hall–Kier alpha value is -2.31. The van der Waals surface area contributed by atoms with Crippen LogP contribution in [0.15, 0.2) is 54.2 Å². The van der Waals surface area contributed by atoms with Gasteiger partial charge in [-0.2, -0.15) is 0 Å². The zero-order valence-electron chi connectivity index (χ0n) is 16.7. The number of benzene rings is 2. The standard InChI is InChI=1S/C22H23ClFN3OS/c1-5-9-27-21(16(4)28-17-11-14(2)10-15(3)12-17)25-26-22(27)29-13-18-19(23)7-6-8-20(18)24/h5-8,10-12,16H,1,9,13H2,2-4H3. The molecule has 0 N–H and O–H groups in total. The third kappa shape index (κ3) is 5.19. The highest BCUT2D eigenvalue weighted by molar-refractivity contribution is 7.98. The van der Waals surface area contributed by atoms with E-state index in [1.54, 1.807) is 18.2 Å². The van der Waals surface area contributed by atoms with Gasteiger partial charge in [-0.15, -0.1) is 16.8 Å². The molecule has 0 aliphatic heterocycles. The Kier molecular flexibility index (Phi) is 6.98. The molecule has 1 unspecified atom stereocenters. The summed E-state index contributed by atoms with van der Waals surface area (Å²) >= 11 is 7.52. The van der Waals surface area contributed by atoms with E-state index in [0.717, 1.165) is 16.9 Å². The molecule has 7 heteroatoms. The smallest absolute Gasteiger partial charge is 0.191 e. The van der Waals surface area contributed by atoms with Gasteiger partial charge in [0.1, 0.15) is 11.6 Å². The summed E-state index contributed by atoms with van der Waals surface area (Å²) in [4.78, 5) is 0. The van der Waals surface area contributed by atoms with Gasteiger partial charge < -0.3 is 4.74 Å².